The number of nitrogens with zero attached hydrogens (tertiary/aromatic N) is 3. The molecule has 0 aromatic carbocycles. The van der Waals surface area contributed by atoms with Crippen molar-refractivity contribution in [1.29, 1.82) is 0 Å². The first kappa shape index (κ1) is 13.8. The van der Waals surface area contributed by atoms with Gasteiger partial charge in [0.25, 0.3) is 0 Å². The number of rotatable bonds is 3. The summed E-state index contributed by atoms with van der Waals surface area (Å²) in [5.41, 5.74) is 0.416. The maximum absolute atomic E-state index is 12.0. The Labute approximate surface area is 114 Å². The van der Waals surface area contributed by atoms with Gasteiger partial charge in [0.05, 0.1) is 11.9 Å². The number of carboxylic acid groups (broad SMARTS) is 1. The monoisotopic (exact) mass is 281 g/mol. The Morgan fingerprint density at radius 1 is 1.45 bits per heavy atom. The van der Waals surface area contributed by atoms with Crippen molar-refractivity contribution in [3.8, 4) is 0 Å². The van der Waals surface area contributed by atoms with Gasteiger partial charge in [0.2, 0.25) is 5.91 Å². The minimum absolute atomic E-state index is 0.0745. The van der Waals surface area contributed by atoms with Crippen LogP contribution in [0.2, 0.25) is 0 Å². The number of aromatic nitrogens is 2. The second-order valence-corrected chi connectivity index (χ2v) is 4.34. The number of hydrogen-bond acceptors (Lipinski definition) is 4. The molecule has 1 aromatic rings. The van der Waals surface area contributed by atoms with Crippen molar-refractivity contribution in [1.82, 2.24) is 20.0 Å². The first-order valence-electron chi connectivity index (χ1n) is 6.11. The molecule has 9 nitrogen and oxygen atoms in total. The molecule has 0 spiro atoms. The van der Waals surface area contributed by atoms with Crippen LogP contribution in [0.5, 0.6) is 0 Å². The summed E-state index contributed by atoms with van der Waals surface area (Å²) in [4.78, 5) is 35.2. The lowest BCUT2D eigenvalue weighted by Crippen LogP contribution is -2.37. The molecule has 1 aliphatic heterocycles. The molecule has 0 saturated carbocycles. The van der Waals surface area contributed by atoms with Gasteiger partial charge in [-0.2, -0.15) is 5.10 Å². The number of urea groups is 1. The molecule has 0 radical (unpaired) electrons. The highest BCUT2D eigenvalue weighted by molar-refractivity contribution is 5.89. The molecule has 3 amide bonds. The van der Waals surface area contributed by atoms with Crippen LogP contribution in [-0.4, -0.2) is 57.3 Å². The number of carboxylic acids is 1. The molecule has 2 heterocycles. The standard InChI is InChI=1S/C11H15N5O4/c17-9-1-3-15(4-2-12-9)11(20)14-8-5-13-16(6-8)7-10(18)19/h5-6H,1-4,7H2,(H,12,17)(H,14,20)(H,18,19). The molecule has 0 unspecified atom stereocenters. The van der Waals surface area contributed by atoms with E-state index in [-0.39, 0.29) is 24.9 Å². The zero-order valence-electron chi connectivity index (χ0n) is 10.7. The molecule has 1 aromatic heterocycles. The van der Waals surface area contributed by atoms with E-state index < -0.39 is 5.97 Å². The van der Waals surface area contributed by atoms with Crippen molar-refractivity contribution in [2.45, 2.75) is 13.0 Å². The molecule has 108 valence electrons. The fourth-order valence-corrected chi connectivity index (χ4v) is 1.83. The van der Waals surface area contributed by atoms with E-state index >= 15 is 0 Å². The molecule has 2 rings (SSSR count). The van der Waals surface area contributed by atoms with Crippen LogP contribution < -0.4 is 10.6 Å². The van der Waals surface area contributed by atoms with E-state index in [1.165, 1.54) is 22.0 Å². The number of carbonyl (C=O) groups is 3. The number of anilines is 1. The minimum Gasteiger partial charge on any atom is -0.480 e. The maximum atomic E-state index is 12.0. The number of aliphatic carboxylic acids is 1. The van der Waals surface area contributed by atoms with Gasteiger partial charge in [-0.1, -0.05) is 0 Å². The molecule has 0 atom stereocenters. The van der Waals surface area contributed by atoms with Crippen LogP contribution in [-0.2, 0) is 16.1 Å². The number of amides is 3. The molecule has 0 bridgehead atoms. The van der Waals surface area contributed by atoms with E-state index in [0.29, 0.717) is 25.3 Å². The zero-order chi connectivity index (χ0) is 14.5. The summed E-state index contributed by atoms with van der Waals surface area (Å²) >= 11 is 0. The topological polar surface area (TPSA) is 117 Å². The Balaban J connectivity index is 1.91. The van der Waals surface area contributed by atoms with Crippen LogP contribution in [0, 0.1) is 0 Å². The maximum Gasteiger partial charge on any atom is 0.325 e. The summed E-state index contributed by atoms with van der Waals surface area (Å²) in [6.45, 7) is 0.935. The van der Waals surface area contributed by atoms with E-state index in [0.717, 1.165) is 0 Å². The Morgan fingerprint density at radius 2 is 2.25 bits per heavy atom. The molecule has 1 fully saturated rings. The normalized spacial score (nSPS) is 15.4. The fourth-order valence-electron chi connectivity index (χ4n) is 1.83. The Hall–Kier alpha value is -2.58. The predicted molar refractivity (Wildman–Crippen MR) is 68.1 cm³/mol. The van der Waals surface area contributed by atoms with E-state index in [1.807, 2.05) is 0 Å². The van der Waals surface area contributed by atoms with Crippen molar-refractivity contribution in [3.63, 3.8) is 0 Å². The first-order valence-corrected chi connectivity index (χ1v) is 6.11. The van der Waals surface area contributed by atoms with Gasteiger partial charge in [0, 0.05) is 32.3 Å². The molecular formula is C11H15N5O4. The van der Waals surface area contributed by atoms with Crippen LogP contribution in [0.3, 0.4) is 0 Å². The smallest absolute Gasteiger partial charge is 0.325 e. The Kier molecular flexibility index (Phi) is 4.18. The van der Waals surface area contributed by atoms with Crippen molar-refractivity contribution in [3.05, 3.63) is 12.4 Å². The van der Waals surface area contributed by atoms with Gasteiger partial charge < -0.3 is 20.6 Å². The lowest BCUT2D eigenvalue weighted by atomic mass is 10.4. The van der Waals surface area contributed by atoms with Crippen LogP contribution in [0.1, 0.15) is 6.42 Å². The molecule has 0 aliphatic carbocycles. The van der Waals surface area contributed by atoms with Gasteiger partial charge in [0.1, 0.15) is 6.54 Å². The summed E-state index contributed by atoms with van der Waals surface area (Å²) in [6, 6.07) is -0.337. The second-order valence-electron chi connectivity index (χ2n) is 4.34. The summed E-state index contributed by atoms with van der Waals surface area (Å²) < 4.78 is 1.21. The number of carbonyl (C=O) groups excluding carboxylic acids is 2. The van der Waals surface area contributed by atoms with Gasteiger partial charge in [-0.25, -0.2) is 4.79 Å². The fraction of sp³-hybridized carbons (Fsp3) is 0.455. The Morgan fingerprint density at radius 3 is 3.00 bits per heavy atom. The predicted octanol–water partition coefficient (Wildman–Crippen LogP) is -0.678. The van der Waals surface area contributed by atoms with Crippen LogP contribution in [0.15, 0.2) is 12.4 Å². The van der Waals surface area contributed by atoms with Gasteiger partial charge in [-0.15, -0.1) is 0 Å². The largest absolute Gasteiger partial charge is 0.480 e. The molecular weight excluding hydrogens is 266 g/mol. The average molecular weight is 281 g/mol. The number of hydrogen-bond donors (Lipinski definition) is 3. The third kappa shape index (κ3) is 3.70. The zero-order valence-corrected chi connectivity index (χ0v) is 10.7. The van der Waals surface area contributed by atoms with Gasteiger partial charge in [-0.05, 0) is 0 Å². The van der Waals surface area contributed by atoms with Crippen molar-refractivity contribution >= 4 is 23.6 Å². The highest BCUT2D eigenvalue weighted by atomic mass is 16.4. The lowest BCUT2D eigenvalue weighted by Gasteiger charge is -2.19. The summed E-state index contributed by atoms with van der Waals surface area (Å²) in [6.07, 6.45) is 3.08. The van der Waals surface area contributed by atoms with Crippen molar-refractivity contribution in [2.24, 2.45) is 0 Å². The summed E-state index contributed by atoms with van der Waals surface area (Å²) in [5, 5.41) is 17.7. The highest BCUT2D eigenvalue weighted by Crippen LogP contribution is 2.07. The van der Waals surface area contributed by atoms with E-state index in [4.69, 9.17) is 5.11 Å². The number of nitrogens with one attached hydrogen (secondary N) is 2. The highest BCUT2D eigenvalue weighted by Gasteiger charge is 2.18. The van der Waals surface area contributed by atoms with E-state index in [2.05, 4.69) is 15.7 Å². The van der Waals surface area contributed by atoms with E-state index in [1.54, 1.807) is 0 Å². The van der Waals surface area contributed by atoms with Crippen LogP contribution >= 0.6 is 0 Å². The molecule has 9 heteroatoms. The first-order chi connectivity index (χ1) is 9.54. The Bertz CT molecular complexity index is 527. The van der Waals surface area contributed by atoms with Crippen molar-refractivity contribution in [2.75, 3.05) is 25.0 Å². The molecule has 20 heavy (non-hydrogen) atoms. The van der Waals surface area contributed by atoms with Crippen molar-refractivity contribution < 1.29 is 19.5 Å². The van der Waals surface area contributed by atoms with E-state index in [9.17, 15) is 14.4 Å². The van der Waals surface area contributed by atoms with Crippen LogP contribution in [0.25, 0.3) is 0 Å². The SMILES string of the molecule is O=C(O)Cn1cc(NC(=O)N2CCNC(=O)CC2)cn1. The average Bonchev–Trinajstić information content (AvgIpc) is 2.67. The third-order valence-electron chi connectivity index (χ3n) is 2.78. The molecule has 3 N–H and O–H groups in total. The van der Waals surface area contributed by atoms with Gasteiger partial charge in [0.15, 0.2) is 0 Å². The quantitative estimate of drug-likeness (QED) is 0.679. The second kappa shape index (κ2) is 6.04. The summed E-state index contributed by atoms with van der Waals surface area (Å²) in [5.74, 6) is -1.09. The minimum atomic E-state index is -1.01. The third-order valence-corrected chi connectivity index (χ3v) is 2.78. The van der Waals surface area contributed by atoms with Gasteiger partial charge in [-0.3, -0.25) is 14.3 Å². The van der Waals surface area contributed by atoms with Crippen LogP contribution in [0.4, 0.5) is 10.5 Å². The molecule has 1 saturated heterocycles. The molecule has 1 aliphatic rings. The van der Waals surface area contributed by atoms with Gasteiger partial charge >= 0.3 is 12.0 Å². The lowest BCUT2D eigenvalue weighted by molar-refractivity contribution is -0.137. The summed E-state index contributed by atoms with van der Waals surface area (Å²) in [7, 11) is 0.